The highest BCUT2D eigenvalue weighted by atomic mass is 32.2. The van der Waals surface area contributed by atoms with Crippen molar-refractivity contribution in [1.29, 1.82) is 0 Å². The van der Waals surface area contributed by atoms with E-state index in [1.54, 1.807) is 20.8 Å². The molecule has 0 radical (unpaired) electrons. The van der Waals surface area contributed by atoms with Crippen LogP contribution < -0.4 is 0 Å². The van der Waals surface area contributed by atoms with Crippen LogP contribution in [0.5, 0.6) is 0 Å². The van der Waals surface area contributed by atoms with Crippen molar-refractivity contribution in [2.24, 2.45) is 10.8 Å². The van der Waals surface area contributed by atoms with Gasteiger partial charge in [-0.3, -0.25) is 8.98 Å². The second kappa shape index (κ2) is 9.75. The third-order valence-corrected chi connectivity index (χ3v) is 12.8. The first-order valence-electron chi connectivity index (χ1n) is 15.6. The molecule has 248 valence electrons. The molecule has 15 heteroatoms. The van der Waals surface area contributed by atoms with Crippen LogP contribution in [0.1, 0.15) is 97.8 Å². The highest BCUT2D eigenvalue weighted by molar-refractivity contribution is 7.87. The fourth-order valence-corrected chi connectivity index (χ4v) is 9.34. The van der Waals surface area contributed by atoms with Crippen LogP contribution in [0.2, 0.25) is 0 Å². The molecule has 3 aliphatic heterocycles. The maximum absolute atomic E-state index is 14.2. The molecule has 2 bridgehead atoms. The molecule has 4 aliphatic carbocycles. The number of fused-ring (bicyclic) bond motifs is 4. The molecule has 7 fully saturated rings. The largest absolute Gasteiger partial charge is 0.523 e. The molecule has 2 spiro atoms. The number of esters is 2. The molecule has 0 aromatic rings. The molecule has 0 aromatic heterocycles. The molecule has 2 unspecified atom stereocenters. The van der Waals surface area contributed by atoms with Gasteiger partial charge in [0.15, 0.2) is 17.7 Å². The van der Waals surface area contributed by atoms with Gasteiger partial charge in [-0.1, -0.05) is 26.7 Å². The summed E-state index contributed by atoms with van der Waals surface area (Å²) in [6, 6.07) is 0. The summed E-state index contributed by atoms with van der Waals surface area (Å²) in [5.41, 5.74) is -9.13. The van der Waals surface area contributed by atoms with E-state index in [-0.39, 0.29) is 6.42 Å². The van der Waals surface area contributed by atoms with E-state index in [1.165, 1.54) is 0 Å². The normalized spacial score (nSPS) is 43.5. The van der Waals surface area contributed by atoms with Crippen molar-refractivity contribution in [3.05, 3.63) is 0 Å². The quantitative estimate of drug-likeness (QED) is 0.246. The molecular formula is C29H39F3O11S. The lowest BCUT2D eigenvalue weighted by Gasteiger charge is -2.43. The zero-order valence-electron chi connectivity index (χ0n) is 25.0. The van der Waals surface area contributed by atoms with Crippen molar-refractivity contribution in [1.82, 2.24) is 0 Å². The van der Waals surface area contributed by atoms with E-state index >= 15 is 0 Å². The summed E-state index contributed by atoms with van der Waals surface area (Å²) in [4.78, 5) is 27.1. The van der Waals surface area contributed by atoms with Gasteiger partial charge >= 0.3 is 27.6 Å². The second-order valence-electron chi connectivity index (χ2n) is 14.3. The first-order valence-corrected chi connectivity index (χ1v) is 17.1. The van der Waals surface area contributed by atoms with Gasteiger partial charge in [-0.25, -0.2) is 4.79 Å². The summed E-state index contributed by atoms with van der Waals surface area (Å²) in [6.07, 6.45) is -1.40. The Kier molecular flexibility index (Phi) is 6.89. The minimum Gasteiger partial charge on any atom is -0.454 e. The summed E-state index contributed by atoms with van der Waals surface area (Å²) < 4.78 is 108. The number of hydrogen-bond donors (Lipinski definition) is 0. The van der Waals surface area contributed by atoms with Gasteiger partial charge in [0, 0.05) is 31.1 Å². The summed E-state index contributed by atoms with van der Waals surface area (Å²) in [5, 5.41) is 0. The Bertz CT molecular complexity index is 1280. The predicted octanol–water partition coefficient (Wildman–Crippen LogP) is 4.16. The first-order chi connectivity index (χ1) is 20.5. The van der Waals surface area contributed by atoms with Crippen LogP contribution in [-0.4, -0.2) is 79.7 Å². The Labute approximate surface area is 253 Å². The van der Waals surface area contributed by atoms with Crippen LogP contribution in [0, 0.1) is 10.8 Å². The number of carbonyl (C=O) groups is 2. The average molecular weight is 653 g/mol. The minimum absolute atomic E-state index is 0.230. The van der Waals surface area contributed by atoms with Gasteiger partial charge in [0.25, 0.3) is 0 Å². The molecule has 44 heavy (non-hydrogen) atoms. The molecule has 11 nitrogen and oxygen atoms in total. The van der Waals surface area contributed by atoms with Gasteiger partial charge in [-0.2, -0.15) is 21.6 Å². The summed E-state index contributed by atoms with van der Waals surface area (Å²) in [7, 11) is -6.09. The Balaban J connectivity index is 1.28. The Morgan fingerprint density at radius 1 is 0.750 bits per heavy atom. The van der Waals surface area contributed by atoms with E-state index in [1.807, 2.05) is 0 Å². The maximum atomic E-state index is 14.2. The number of halogens is 3. The first kappa shape index (κ1) is 31.1. The van der Waals surface area contributed by atoms with Crippen molar-refractivity contribution < 1.29 is 63.8 Å². The van der Waals surface area contributed by atoms with Crippen molar-refractivity contribution in [3.63, 3.8) is 0 Å². The average Bonchev–Trinajstić information content (AvgIpc) is 3.60. The molecule has 0 N–H and O–H groups in total. The van der Waals surface area contributed by atoms with Crippen LogP contribution in [0.25, 0.3) is 0 Å². The Morgan fingerprint density at radius 2 is 1.20 bits per heavy atom. The molecule has 7 rings (SSSR count). The highest BCUT2D eigenvalue weighted by Gasteiger charge is 2.77. The number of alkyl halides is 3. The van der Waals surface area contributed by atoms with Crippen molar-refractivity contribution >= 4 is 22.1 Å². The van der Waals surface area contributed by atoms with Crippen LogP contribution >= 0.6 is 0 Å². The molecule has 4 saturated carbocycles. The van der Waals surface area contributed by atoms with E-state index in [4.69, 9.17) is 32.6 Å². The van der Waals surface area contributed by atoms with Crippen molar-refractivity contribution in [2.75, 3.05) is 0 Å². The van der Waals surface area contributed by atoms with Crippen LogP contribution in [-0.2, 0) is 52.3 Å². The highest BCUT2D eigenvalue weighted by Crippen LogP contribution is 2.66. The van der Waals surface area contributed by atoms with Gasteiger partial charge in [0.2, 0.25) is 5.60 Å². The maximum Gasteiger partial charge on any atom is 0.523 e. The SMILES string of the molecule is CC1(C)[C@@]2(C)CC[C@]1(C(=O)OC1[C@H]3OC4(CCCCC4)O[C@H]3C(OS(=O)(=O)C(F)(F)F)[C@@H]3OC4(CCCCC4)O[C@@H]13)OC2=O. The van der Waals surface area contributed by atoms with Crippen molar-refractivity contribution in [2.45, 2.75) is 157 Å². The molecule has 0 amide bonds. The van der Waals surface area contributed by atoms with E-state index in [0.717, 1.165) is 12.8 Å². The number of hydrogen-bond acceptors (Lipinski definition) is 11. The third-order valence-electron chi connectivity index (χ3n) is 11.8. The zero-order chi connectivity index (χ0) is 31.6. The van der Waals surface area contributed by atoms with Crippen molar-refractivity contribution in [3.8, 4) is 0 Å². The van der Waals surface area contributed by atoms with Crippen LogP contribution in [0.4, 0.5) is 13.2 Å². The summed E-state index contributed by atoms with van der Waals surface area (Å²) in [6.45, 7) is 5.32. The number of ether oxygens (including phenoxy) is 6. The topological polar surface area (TPSA) is 133 Å². The number of carbonyl (C=O) groups excluding carboxylic acids is 2. The summed E-state index contributed by atoms with van der Waals surface area (Å²) in [5.74, 6) is -3.78. The lowest BCUT2D eigenvalue weighted by atomic mass is 9.66. The molecule has 3 saturated heterocycles. The molecular weight excluding hydrogens is 613 g/mol. The Hall–Kier alpha value is -1.52. The monoisotopic (exact) mass is 652 g/mol. The lowest BCUT2D eigenvalue weighted by Crippen LogP contribution is -2.65. The molecule has 8 atom stereocenters. The van der Waals surface area contributed by atoms with Gasteiger partial charge in [0.1, 0.15) is 30.5 Å². The van der Waals surface area contributed by atoms with E-state index < -0.39 is 92.2 Å². The van der Waals surface area contributed by atoms with E-state index in [0.29, 0.717) is 57.8 Å². The molecule has 3 heterocycles. The van der Waals surface area contributed by atoms with Gasteiger partial charge in [-0.15, -0.1) is 0 Å². The van der Waals surface area contributed by atoms with Crippen LogP contribution in [0.15, 0.2) is 0 Å². The number of rotatable bonds is 4. The minimum atomic E-state index is -6.09. The standard InChI is InChI=1S/C29H39F3O11S/c1-24(2)25(3)14-15-28(24,42-22(25)33)23(34)37-16-17-19(40-26(38-17)10-6-4-7-11-26)21(43-44(35,36)29(30,31)32)20-18(16)39-27(41-20)12-8-5-9-13-27/h16-21H,4-15H2,1-3H3/t16?,17-,18+,19-,20-,21?,25+,28-/m1/s1. The molecule has 0 aromatic carbocycles. The van der Waals surface area contributed by atoms with E-state index in [2.05, 4.69) is 0 Å². The van der Waals surface area contributed by atoms with E-state index in [9.17, 15) is 31.2 Å². The van der Waals surface area contributed by atoms with Gasteiger partial charge in [-0.05, 0) is 45.4 Å². The summed E-state index contributed by atoms with van der Waals surface area (Å²) >= 11 is 0. The lowest BCUT2D eigenvalue weighted by molar-refractivity contribution is -0.230. The van der Waals surface area contributed by atoms with Gasteiger partial charge in [0.05, 0.1) is 5.41 Å². The zero-order valence-corrected chi connectivity index (χ0v) is 25.8. The molecule has 7 aliphatic rings. The predicted molar refractivity (Wildman–Crippen MR) is 141 cm³/mol. The third kappa shape index (κ3) is 4.21. The second-order valence-corrected chi connectivity index (χ2v) is 15.8. The van der Waals surface area contributed by atoms with Gasteiger partial charge < -0.3 is 28.4 Å². The smallest absolute Gasteiger partial charge is 0.454 e. The fourth-order valence-electron chi connectivity index (χ4n) is 8.72. The Morgan fingerprint density at radius 3 is 1.59 bits per heavy atom. The fraction of sp³-hybridized carbons (Fsp3) is 0.931. The van der Waals surface area contributed by atoms with Crippen LogP contribution in [0.3, 0.4) is 0 Å².